The van der Waals surface area contributed by atoms with Gasteiger partial charge in [0.25, 0.3) is 11.5 Å². The molecule has 0 saturated carbocycles. The first kappa shape index (κ1) is 22.4. The Bertz CT molecular complexity index is 808. The molecule has 0 radical (unpaired) electrons. The van der Waals surface area contributed by atoms with E-state index >= 15 is 0 Å². The highest BCUT2D eigenvalue weighted by Crippen LogP contribution is 2.54. The number of thioether (sulfide) groups is 1. The van der Waals surface area contributed by atoms with Crippen molar-refractivity contribution < 1.29 is 23.5 Å². The Balaban J connectivity index is 2.09. The number of H-pyrrole nitrogens is 1. The van der Waals surface area contributed by atoms with Crippen LogP contribution in [0.25, 0.3) is 0 Å². The number of aromatic amines is 1. The summed E-state index contributed by atoms with van der Waals surface area (Å²) in [5.41, 5.74) is -0.882. The Morgan fingerprint density at radius 3 is 2.52 bits per heavy atom. The van der Waals surface area contributed by atoms with E-state index in [1.165, 1.54) is 24.9 Å². The number of rotatable bonds is 8. The summed E-state index contributed by atoms with van der Waals surface area (Å²) in [6, 6.07) is 0. The van der Waals surface area contributed by atoms with E-state index in [4.69, 9.17) is 13.8 Å². The van der Waals surface area contributed by atoms with Crippen LogP contribution in [-0.4, -0.2) is 44.2 Å². The summed E-state index contributed by atoms with van der Waals surface area (Å²) < 4.78 is 30.3. The van der Waals surface area contributed by atoms with Gasteiger partial charge < -0.3 is 18.9 Å². The number of nitrogens with one attached hydrogen (secondary N) is 1. The Labute approximate surface area is 161 Å². The minimum absolute atomic E-state index is 0.0897. The molecular weight excluding hydrogens is 395 g/mol. The van der Waals surface area contributed by atoms with Crippen LogP contribution in [0.3, 0.4) is 0 Å². The predicted molar refractivity (Wildman–Crippen MR) is 103 cm³/mol. The first-order chi connectivity index (χ1) is 12.4. The van der Waals surface area contributed by atoms with Gasteiger partial charge in [0.15, 0.2) is 0 Å². The molecule has 27 heavy (non-hydrogen) atoms. The third-order valence-electron chi connectivity index (χ3n) is 3.70. The largest absolute Gasteiger partial charge is 0.348 e. The average molecular weight is 422 g/mol. The zero-order chi connectivity index (χ0) is 20.4. The zero-order valence-corrected chi connectivity index (χ0v) is 17.8. The highest BCUT2D eigenvalue weighted by atomic mass is 32.2. The van der Waals surface area contributed by atoms with E-state index in [0.29, 0.717) is 0 Å². The molecule has 1 aromatic rings. The minimum Gasteiger partial charge on any atom is -0.348 e. The van der Waals surface area contributed by atoms with Crippen molar-refractivity contribution in [2.45, 2.75) is 64.4 Å². The third-order valence-corrected chi connectivity index (χ3v) is 7.82. The van der Waals surface area contributed by atoms with Crippen molar-refractivity contribution in [3.05, 3.63) is 32.6 Å². The normalized spacial score (nSPS) is 23.5. The van der Waals surface area contributed by atoms with Crippen LogP contribution in [0.2, 0.25) is 0 Å². The van der Waals surface area contributed by atoms with Gasteiger partial charge in [0.05, 0.1) is 24.3 Å². The fraction of sp³-hybridized carbons (Fsp3) is 0.750. The van der Waals surface area contributed by atoms with Crippen LogP contribution >= 0.6 is 19.4 Å². The van der Waals surface area contributed by atoms with E-state index in [9.17, 15) is 19.3 Å². The van der Waals surface area contributed by atoms with Crippen LogP contribution in [0.15, 0.2) is 15.8 Å². The Kier molecular flexibility index (Phi) is 7.16. The molecule has 2 atom stereocenters. The van der Waals surface area contributed by atoms with Crippen LogP contribution in [-0.2, 0) is 24.3 Å². The maximum Gasteiger partial charge on any atom is 0.340 e. The van der Waals surface area contributed by atoms with E-state index in [2.05, 4.69) is 4.98 Å². The molecule has 0 aromatic carbocycles. The van der Waals surface area contributed by atoms with Gasteiger partial charge in [-0.3, -0.25) is 14.3 Å². The number of hydrogen-bond donors (Lipinski definition) is 2. The van der Waals surface area contributed by atoms with E-state index in [1.54, 1.807) is 27.7 Å². The van der Waals surface area contributed by atoms with Gasteiger partial charge in [-0.05, 0) is 34.6 Å². The van der Waals surface area contributed by atoms with Crippen molar-refractivity contribution >= 4 is 19.4 Å². The number of aryl methyl sites for hydroxylation is 1. The van der Waals surface area contributed by atoms with E-state index < -0.39 is 24.8 Å². The highest BCUT2D eigenvalue weighted by molar-refractivity contribution is 8.05. The molecule has 0 amide bonds. The molecule has 0 spiro atoms. The van der Waals surface area contributed by atoms with Gasteiger partial charge in [-0.2, -0.15) is 0 Å². The molecule has 1 fully saturated rings. The van der Waals surface area contributed by atoms with Crippen LogP contribution < -0.4 is 11.2 Å². The predicted octanol–water partition coefficient (Wildman–Crippen LogP) is 1.97. The van der Waals surface area contributed by atoms with Crippen molar-refractivity contribution in [1.82, 2.24) is 9.55 Å². The van der Waals surface area contributed by atoms with E-state index in [1.807, 2.05) is 0 Å². The molecule has 2 heterocycles. The van der Waals surface area contributed by atoms with Gasteiger partial charge in [0, 0.05) is 23.4 Å². The molecular formula is C16H27N2O7PS. The lowest BCUT2D eigenvalue weighted by molar-refractivity contribution is -0.237. The van der Waals surface area contributed by atoms with Crippen molar-refractivity contribution in [3.63, 3.8) is 0 Å². The third kappa shape index (κ3) is 5.79. The first-order valence-electron chi connectivity index (χ1n) is 8.71. The molecule has 2 rings (SSSR count). The topological polar surface area (TPSA) is 120 Å². The lowest BCUT2D eigenvalue weighted by Crippen LogP contribution is -2.44. The number of aromatic nitrogens is 2. The Morgan fingerprint density at radius 2 is 1.96 bits per heavy atom. The van der Waals surface area contributed by atoms with E-state index in [-0.39, 0.29) is 41.5 Å². The zero-order valence-electron chi connectivity index (χ0n) is 16.1. The SMILES string of the molecule is Cc1cn([C@@]2(O)C[C@@H](SCP(=O)(OC(C)C)OC(C)C)CO2)c(=O)[nH]c1=O. The van der Waals surface area contributed by atoms with Gasteiger partial charge in [0.1, 0.15) is 0 Å². The quantitative estimate of drug-likeness (QED) is 0.610. The second kappa shape index (κ2) is 8.63. The maximum atomic E-state index is 12.9. The second-order valence-corrected chi connectivity index (χ2v) is 10.7. The lowest BCUT2D eigenvalue weighted by Gasteiger charge is -2.25. The molecule has 1 aliphatic rings. The smallest absolute Gasteiger partial charge is 0.340 e. The molecule has 1 aliphatic heterocycles. The van der Waals surface area contributed by atoms with Gasteiger partial charge in [-0.1, -0.05) is 0 Å². The number of ether oxygens (including phenoxy) is 1. The van der Waals surface area contributed by atoms with Crippen molar-refractivity contribution in [1.29, 1.82) is 0 Å². The monoisotopic (exact) mass is 422 g/mol. The van der Waals surface area contributed by atoms with Gasteiger partial charge >= 0.3 is 13.3 Å². The molecule has 154 valence electrons. The fourth-order valence-electron chi connectivity index (χ4n) is 2.67. The van der Waals surface area contributed by atoms with Crippen molar-refractivity contribution in [2.75, 3.05) is 12.1 Å². The van der Waals surface area contributed by atoms with Crippen LogP contribution in [0, 0.1) is 6.92 Å². The summed E-state index contributed by atoms with van der Waals surface area (Å²) in [6.45, 7) is 8.80. The van der Waals surface area contributed by atoms with Crippen LogP contribution in [0.4, 0.5) is 0 Å². The number of hydrogen-bond acceptors (Lipinski definition) is 8. The van der Waals surface area contributed by atoms with Crippen LogP contribution in [0.5, 0.6) is 0 Å². The summed E-state index contributed by atoms with van der Waals surface area (Å²) >= 11 is 1.30. The standard InChI is InChI=1S/C16H27N2O7PS/c1-10(2)24-26(22,25-11(3)4)9-27-13-6-16(21,23-8-13)18-7-12(5)14(19)17-15(18)20/h7,10-11,13,21H,6,8-9H2,1-5H3,(H,17,19,20)/t13-,16-/m1/s1. The number of nitrogens with zero attached hydrogens (tertiary/aromatic N) is 1. The van der Waals surface area contributed by atoms with Gasteiger partial charge in [-0.15, -0.1) is 11.8 Å². The Morgan fingerprint density at radius 1 is 1.37 bits per heavy atom. The summed E-state index contributed by atoms with van der Waals surface area (Å²) in [7, 11) is -3.31. The molecule has 11 heteroatoms. The van der Waals surface area contributed by atoms with Crippen LogP contribution in [0.1, 0.15) is 39.7 Å². The molecule has 0 aliphatic carbocycles. The molecule has 0 unspecified atom stereocenters. The summed E-state index contributed by atoms with van der Waals surface area (Å²) in [4.78, 5) is 25.7. The fourth-order valence-corrected chi connectivity index (χ4v) is 6.56. The first-order valence-corrected chi connectivity index (χ1v) is 11.5. The summed E-state index contributed by atoms with van der Waals surface area (Å²) in [5, 5.41) is 10.5. The lowest BCUT2D eigenvalue weighted by atomic mass is 10.3. The maximum absolute atomic E-state index is 12.9. The molecule has 1 aromatic heterocycles. The van der Waals surface area contributed by atoms with E-state index in [0.717, 1.165) is 4.57 Å². The Hall–Kier alpha value is -0.900. The molecule has 2 N–H and O–H groups in total. The van der Waals surface area contributed by atoms with Crippen molar-refractivity contribution in [2.24, 2.45) is 0 Å². The molecule has 9 nitrogen and oxygen atoms in total. The average Bonchev–Trinajstić information content (AvgIpc) is 2.90. The summed E-state index contributed by atoms with van der Waals surface area (Å²) in [5.74, 6) is -1.87. The molecule has 1 saturated heterocycles. The number of aliphatic hydroxyl groups is 1. The molecule has 0 bridgehead atoms. The van der Waals surface area contributed by atoms with Crippen molar-refractivity contribution in [3.8, 4) is 0 Å². The van der Waals surface area contributed by atoms with Gasteiger partial charge in [0.2, 0.25) is 0 Å². The minimum atomic E-state index is -3.31. The summed E-state index contributed by atoms with van der Waals surface area (Å²) in [6.07, 6.45) is 0.846. The second-order valence-electron chi connectivity index (χ2n) is 7.04. The van der Waals surface area contributed by atoms with Gasteiger partial charge in [-0.25, -0.2) is 9.36 Å². The highest BCUT2D eigenvalue weighted by Gasteiger charge is 2.43.